The molecule has 9 atom stereocenters. The van der Waals surface area contributed by atoms with Crippen molar-refractivity contribution in [3.8, 4) is 6.07 Å². The van der Waals surface area contributed by atoms with Gasteiger partial charge in [0.15, 0.2) is 42.9 Å². The second-order valence-electron chi connectivity index (χ2n) is 9.86. The Labute approximate surface area is 268 Å². The summed E-state index contributed by atoms with van der Waals surface area (Å²) >= 11 is 0. The van der Waals surface area contributed by atoms with E-state index in [1.54, 1.807) is 6.07 Å². The van der Waals surface area contributed by atoms with Crippen LogP contribution in [0.25, 0.3) is 0 Å². The molecule has 1 heterocycles. The van der Waals surface area contributed by atoms with Gasteiger partial charge in [0, 0.05) is 55.4 Å². The standard InChI is InChI=1S/C28H37NO18/c1-12(30)38-10-22-25(44-17(6)35)26(45-18(7)36)27(46-19(8)37)28(47-22)39-11-21(41-14(3)32)24(43-16(5)34)23(42-15(4)33)20(9-29)40-13(2)31/h20-28H,10-11H2,1-8H3/t20-,21+,22+,23-,24+,25+,26+,27+,28-/m1/s1. The number of carbonyl (C=O) groups is 8. The van der Waals surface area contributed by atoms with E-state index in [2.05, 4.69) is 0 Å². The van der Waals surface area contributed by atoms with Crippen molar-refractivity contribution in [3.05, 3.63) is 0 Å². The zero-order valence-corrected chi connectivity index (χ0v) is 26.9. The molecule has 1 aliphatic rings. The van der Waals surface area contributed by atoms with Crippen LogP contribution in [-0.2, 0) is 85.7 Å². The Balaban J connectivity index is 3.70. The Morgan fingerprint density at radius 2 is 1.06 bits per heavy atom. The first-order valence-electron chi connectivity index (χ1n) is 13.9. The number of esters is 8. The van der Waals surface area contributed by atoms with E-state index in [9.17, 15) is 43.6 Å². The van der Waals surface area contributed by atoms with Gasteiger partial charge in [-0.3, -0.25) is 38.4 Å². The molecule has 1 rings (SSSR count). The molecule has 262 valence electrons. The highest BCUT2D eigenvalue weighted by Gasteiger charge is 2.53. The lowest BCUT2D eigenvalue weighted by Crippen LogP contribution is -2.63. The van der Waals surface area contributed by atoms with Crippen molar-refractivity contribution in [3.63, 3.8) is 0 Å². The minimum atomic E-state index is -1.88. The Hall–Kier alpha value is -4.83. The minimum Gasteiger partial charge on any atom is -0.463 e. The molecule has 0 aromatic carbocycles. The quantitative estimate of drug-likeness (QED) is 0.154. The Morgan fingerprint density at radius 1 is 0.596 bits per heavy atom. The largest absolute Gasteiger partial charge is 0.463 e. The molecule has 0 bridgehead atoms. The number of ether oxygens (including phenoxy) is 10. The highest BCUT2D eigenvalue weighted by molar-refractivity contribution is 5.70. The number of hydrogen-bond acceptors (Lipinski definition) is 19. The van der Waals surface area contributed by atoms with Crippen LogP contribution in [0.3, 0.4) is 0 Å². The number of carbonyl (C=O) groups excluding carboxylic acids is 8. The normalized spacial score (nSPS) is 22.7. The van der Waals surface area contributed by atoms with Gasteiger partial charge in [-0.15, -0.1) is 0 Å². The van der Waals surface area contributed by atoms with E-state index in [1.807, 2.05) is 0 Å². The van der Waals surface area contributed by atoms with Crippen LogP contribution in [0.2, 0.25) is 0 Å². The van der Waals surface area contributed by atoms with Crippen molar-refractivity contribution in [1.29, 1.82) is 5.26 Å². The number of rotatable bonds is 15. The molecule has 0 aromatic rings. The Bertz CT molecular complexity index is 1230. The third-order valence-corrected chi connectivity index (χ3v) is 5.70. The van der Waals surface area contributed by atoms with Gasteiger partial charge in [-0.1, -0.05) is 0 Å². The maximum Gasteiger partial charge on any atom is 0.304 e. The molecule has 19 heteroatoms. The second kappa shape index (κ2) is 19.0. The van der Waals surface area contributed by atoms with E-state index in [0.717, 1.165) is 55.4 Å². The third-order valence-electron chi connectivity index (χ3n) is 5.70. The van der Waals surface area contributed by atoms with Crippen LogP contribution >= 0.6 is 0 Å². The van der Waals surface area contributed by atoms with Crippen molar-refractivity contribution in [1.82, 2.24) is 0 Å². The number of hydrogen-bond donors (Lipinski definition) is 0. The fourth-order valence-corrected chi connectivity index (χ4v) is 4.31. The van der Waals surface area contributed by atoms with Gasteiger partial charge >= 0.3 is 47.8 Å². The van der Waals surface area contributed by atoms with E-state index in [0.29, 0.717) is 0 Å². The summed E-state index contributed by atoms with van der Waals surface area (Å²) in [6.45, 7) is 6.47. The molecular weight excluding hydrogens is 638 g/mol. The second-order valence-corrected chi connectivity index (χ2v) is 9.86. The molecule has 1 saturated heterocycles. The minimum absolute atomic E-state index is 0.581. The zero-order valence-electron chi connectivity index (χ0n) is 26.9. The maximum atomic E-state index is 12.2. The smallest absolute Gasteiger partial charge is 0.304 e. The van der Waals surface area contributed by atoms with Crippen LogP contribution in [0.15, 0.2) is 0 Å². The summed E-state index contributed by atoms with van der Waals surface area (Å²) in [5.74, 6) is -7.49. The molecule has 0 aromatic heterocycles. The first kappa shape index (κ1) is 40.2. The molecule has 1 fully saturated rings. The average molecular weight is 676 g/mol. The Morgan fingerprint density at radius 3 is 1.51 bits per heavy atom. The fraction of sp³-hybridized carbons (Fsp3) is 0.679. The molecule has 0 unspecified atom stereocenters. The van der Waals surface area contributed by atoms with Crippen LogP contribution in [0.5, 0.6) is 0 Å². The van der Waals surface area contributed by atoms with Gasteiger partial charge in [0.1, 0.15) is 18.8 Å². The van der Waals surface area contributed by atoms with Crippen LogP contribution in [0.4, 0.5) is 0 Å². The monoisotopic (exact) mass is 675 g/mol. The average Bonchev–Trinajstić information content (AvgIpc) is 2.92. The predicted octanol–water partition coefficient (Wildman–Crippen LogP) is -0.664. The van der Waals surface area contributed by atoms with Crippen molar-refractivity contribution >= 4 is 47.8 Å². The fourth-order valence-electron chi connectivity index (χ4n) is 4.31. The lowest BCUT2D eigenvalue weighted by atomic mass is 9.98. The van der Waals surface area contributed by atoms with Crippen molar-refractivity contribution in [2.24, 2.45) is 0 Å². The predicted molar refractivity (Wildman–Crippen MR) is 146 cm³/mol. The van der Waals surface area contributed by atoms with Gasteiger partial charge in [0.05, 0.1) is 6.61 Å². The first-order chi connectivity index (χ1) is 21.9. The summed E-state index contributed by atoms with van der Waals surface area (Å²) in [6.07, 6.45) is -15.4. The van der Waals surface area contributed by atoms with Gasteiger partial charge < -0.3 is 47.4 Å². The van der Waals surface area contributed by atoms with Crippen LogP contribution in [0.1, 0.15) is 55.4 Å². The van der Waals surface area contributed by atoms with Gasteiger partial charge in [-0.05, 0) is 0 Å². The summed E-state index contributed by atoms with van der Waals surface area (Å²) in [6, 6.07) is 1.60. The lowest BCUT2D eigenvalue weighted by Gasteiger charge is -2.44. The first-order valence-corrected chi connectivity index (χ1v) is 13.9. The van der Waals surface area contributed by atoms with Gasteiger partial charge in [-0.2, -0.15) is 5.26 Å². The molecule has 19 nitrogen and oxygen atoms in total. The Kier molecular flexibility index (Phi) is 16.2. The third kappa shape index (κ3) is 14.0. The van der Waals surface area contributed by atoms with E-state index in [4.69, 9.17) is 47.4 Å². The number of nitriles is 1. The molecule has 0 N–H and O–H groups in total. The number of nitrogens with zero attached hydrogens (tertiary/aromatic N) is 1. The zero-order chi connectivity index (χ0) is 36.0. The topological polar surface area (TPSA) is 253 Å². The highest BCUT2D eigenvalue weighted by atomic mass is 16.7. The van der Waals surface area contributed by atoms with Crippen LogP contribution in [-0.4, -0.2) is 116 Å². The summed E-state index contributed by atoms with van der Waals surface area (Å²) in [7, 11) is 0. The van der Waals surface area contributed by atoms with E-state index in [1.165, 1.54) is 0 Å². The SMILES string of the molecule is CC(=O)OC[C@@H]1O[C@@H](OC[C@H](OC(C)=O)[C@H](OC(C)=O)[C@H](OC(C)=O)[C@@H](C#N)OC(C)=O)[C@@H](OC(C)=O)[C@@H](OC(C)=O)[C@H]1OC(C)=O. The molecule has 0 radical (unpaired) electrons. The van der Waals surface area contributed by atoms with E-state index in [-0.39, 0.29) is 0 Å². The summed E-state index contributed by atoms with van der Waals surface area (Å²) in [5, 5.41) is 9.68. The van der Waals surface area contributed by atoms with E-state index >= 15 is 0 Å². The summed E-state index contributed by atoms with van der Waals surface area (Å²) in [5.41, 5.74) is 0. The van der Waals surface area contributed by atoms with Crippen molar-refractivity contribution < 1.29 is 85.7 Å². The van der Waals surface area contributed by atoms with E-state index < -0.39 is 116 Å². The van der Waals surface area contributed by atoms with Gasteiger partial charge in [0.2, 0.25) is 6.10 Å². The summed E-state index contributed by atoms with van der Waals surface area (Å²) in [4.78, 5) is 95.7. The van der Waals surface area contributed by atoms with Crippen molar-refractivity contribution in [2.45, 2.75) is 111 Å². The molecule has 0 amide bonds. The lowest BCUT2D eigenvalue weighted by molar-refractivity contribution is -0.313. The molecule has 1 aliphatic heterocycles. The molecular formula is C28H37NO18. The highest BCUT2D eigenvalue weighted by Crippen LogP contribution is 2.31. The van der Waals surface area contributed by atoms with Gasteiger partial charge in [-0.25, -0.2) is 0 Å². The molecule has 0 spiro atoms. The molecule has 0 aliphatic carbocycles. The van der Waals surface area contributed by atoms with Crippen molar-refractivity contribution in [2.75, 3.05) is 13.2 Å². The van der Waals surface area contributed by atoms with Gasteiger partial charge in [0.25, 0.3) is 0 Å². The van der Waals surface area contributed by atoms with Crippen LogP contribution in [0, 0.1) is 11.3 Å². The molecule has 47 heavy (non-hydrogen) atoms. The van der Waals surface area contributed by atoms with Crippen LogP contribution < -0.4 is 0 Å². The molecule has 0 saturated carbocycles. The summed E-state index contributed by atoms with van der Waals surface area (Å²) < 4.78 is 53.2. The maximum absolute atomic E-state index is 12.2.